The number of carbonyl (C=O) groups excluding carboxylic acids is 3. The Labute approximate surface area is 179 Å². The summed E-state index contributed by atoms with van der Waals surface area (Å²) in [6, 6.07) is 10.6. The lowest BCUT2D eigenvalue weighted by Gasteiger charge is -2.14. The number of nitro benzene ring substituents is 1. The highest BCUT2D eigenvalue weighted by molar-refractivity contribution is 7.16. The Kier molecular flexibility index (Phi) is 5.30. The van der Waals surface area contributed by atoms with Crippen LogP contribution in [0.2, 0.25) is 0 Å². The van der Waals surface area contributed by atoms with E-state index in [1.807, 2.05) is 0 Å². The van der Waals surface area contributed by atoms with Crippen LogP contribution in [0.15, 0.2) is 60.1 Å². The number of amides is 3. The number of benzene rings is 2. The summed E-state index contributed by atoms with van der Waals surface area (Å²) in [5.74, 6) is -1.16. The molecule has 3 aromatic rings. The van der Waals surface area contributed by atoms with Crippen molar-refractivity contribution >= 4 is 50.6 Å². The van der Waals surface area contributed by atoms with Crippen LogP contribution in [-0.4, -0.2) is 27.2 Å². The molecule has 31 heavy (non-hydrogen) atoms. The van der Waals surface area contributed by atoms with Gasteiger partial charge in [0.05, 0.1) is 20.8 Å². The maximum absolute atomic E-state index is 12.9. The van der Waals surface area contributed by atoms with Crippen LogP contribution in [0.1, 0.15) is 23.2 Å². The van der Waals surface area contributed by atoms with Crippen LogP contribution in [0.5, 0.6) is 0 Å². The fourth-order valence-electron chi connectivity index (χ4n) is 3.36. The third kappa shape index (κ3) is 3.80. The number of nitro groups is 1. The average Bonchev–Trinajstić information content (AvgIpc) is 3.27. The topological polar surface area (TPSA) is 115 Å². The Balaban J connectivity index is 1.77. The first-order valence-electron chi connectivity index (χ1n) is 9.32. The van der Waals surface area contributed by atoms with Gasteiger partial charge in [-0.25, -0.2) is 0 Å². The van der Waals surface area contributed by atoms with E-state index >= 15 is 0 Å². The summed E-state index contributed by atoms with van der Waals surface area (Å²) >= 11 is 1.22. The van der Waals surface area contributed by atoms with Crippen molar-refractivity contribution in [3.05, 3.63) is 75.6 Å². The molecule has 1 fully saturated rings. The molecule has 1 saturated heterocycles. The number of nitrogens with zero attached hydrogens (tertiary/aromatic N) is 4. The average molecular weight is 436 g/mol. The zero-order chi connectivity index (χ0) is 22.1. The van der Waals surface area contributed by atoms with E-state index in [2.05, 4.69) is 11.6 Å². The molecule has 156 valence electrons. The molecule has 2 aromatic carbocycles. The summed E-state index contributed by atoms with van der Waals surface area (Å²) in [5.41, 5.74) is 1.07. The molecule has 1 aliphatic heterocycles. The quantitative estimate of drug-likeness (QED) is 0.264. The molecular weight excluding hydrogens is 420 g/mol. The van der Waals surface area contributed by atoms with Gasteiger partial charge in [0.1, 0.15) is 0 Å². The Hall–Kier alpha value is -3.92. The number of thiazole rings is 1. The van der Waals surface area contributed by atoms with Crippen molar-refractivity contribution in [1.82, 2.24) is 4.57 Å². The lowest BCUT2D eigenvalue weighted by molar-refractivity contribution is -0.384. The molecule has 0 spiro atoms. The van der Waals surface area contributed by atoms with Gasteiger partial charge in [0.25, 0.3) is 11.6 Å². The van der Waals surface area contributed by atoms with E-state index in [1.165, 1.54) is 29.5 Å². The third-order valence-electron chi connectivity index (χ3n) is 4.79. The zero-order valence-corrected chi connectivity index (χ0v) is 17.0. The van der Waals surface area contributed by atoms with Crippen molar-refractivity contribution < 1.29 is 19.3 Å². The van der Waals surface area contributed by atoms with E-state index in [-0.39, 0.29) is 35.9 Å². The van der Waals surface area contributed by atoms with Gasteiger partial charge in [0.15, 0.2) is 4.80 Å². The SMILES string of the molecule is C=CCn1c(=NC(=O)c2cccc(N3C(=O)CCC3=O)c2)sc2ccc([N+](=O)[O-])cc21. The number of non-ortho nitro benzene ring substituents is 1. The van der Waals surface area contributed by atoms with E-state index in [0.29, 0.717) is 22.6 Å². The van der Waals surface area contributed by atoms with E-state index in [0.717, 1.165) is 9.60 Å². The fraction of sp³-hybridized carbons (Fsp3) is 0.143. The van der Waals surface area contributed by atoms with Gasteiger partial charge in [-0.3, -0.25) is 29.4 Å². The highest BCUT2D eigenvalue weighted by Crippen LogP contribution is 2.25. The van der Waals surface area contributed by atoms with Gasteiger partial charge >= 0.3 is 0 Å². The Morgan fingerprint density at radius 1 is 1.19 bits per heavy atom. The summed E-state index contributed by atoms with van der Waals surface area (Å²) < 4.78 is 2.41. The first-order chi connectivity index (χ1) is 14.9. The van der Waals surface area contributed by atoms with Crippen LogP contribution >= 0.6 is 11.3 Å². The second-order valence-electron chi connectivity index (χ2n) is 6.78. The van der Waals surface area contributed by atoms with Crippen LogP contribution in [-0.2, 0) is 16.1 Å². The predicted molar refractivity (Wildman–Crippen MR) is 115 cm³/mol. The predicted octanol–water partition coefficient (Wildman–Crippen LogP) is 3.19. The molecule has 10 heteroatoms. The van der Waals surface area contributed by atoms with Crippen molar-refractivity contribution in [2.45, 2.75) is 19.4 Å². The maximum Gasteiger partial charge on any atom is 0.279 e. The number of carbonyl (C=O) groups is 3. The van der Waals surface area contributed by atoms with Crippen LogP contribution in [0.3, 0.4) is 0 Å². The van der Waals surface area contributed by atoms with Gasteiger partial charge in [0, 0.05) is 37.1 Å². The molecule has 0 unspecified atom stereocenters. The van der Waals surface area contributed by atoms with Gasteiger partial charge < -0.3 is 4.57 Å². The smallest absolute Gasteiger partial charge is 0.279 e. The molecule has 0 saturated carbocycles. The number of rotatable bonds is 5. The summed E-state index contributed by atoms with van der Waals surface area (Å²) in [5, 5.41) is 11.1. The first kappa shape index (κ1) is 20.4. The molecule has 0 atom stereocenters. The Morgan fingerprint density at radius 2 is 1.94 bits per heavy atom. The first-order valence-corrected chi connectivity index (χ1v) is 10.1. The van der Waals surface area contributed by atoms with E-state index < -0.39 is 10.8 Å². The Bertz CT molecular complexity index is 1320. The second-order valence-corrected chi connectivity index (χ2v) is 7.79. The van der Waals surface area contributed by atoms with Crippen molar-refractivity contribution in [2.24, 2.45) is 4.99 Å². The summed E-state index contributed by atoms with van der Waals surface area (Å²) in [6.45, 7) is 4.01. The third-order valence-corrected chi connectivity index (χ3v) is 5.85. The molecule has 4 rings (SSSR count). The molecule has 2 heterocycles. The highest BCUT2D eigenvalue weighted by Gasteiger charge is 2.30. The molecular formula is C21H16N4O5S. The van der Waals surface area contributed by atoms with Crippen molar-refractivity contribution in [3.63, 3.8) is 0 Å². The van der Waals surface area contributed by atoms with Gasteiger partial charge in [0.2, 0.25) is 11.8 Å². The maximum atomic E-state index is 12.9. The molecule has 0 N–H and O–H groups in total. The number of allylic oxidation sites excluding steroid dienone is 1. The summed E-state index contributed by atoms with van der Waals surface area (Å²) in [4.78, 5) is 53.1. The standard InChI is InChI=1S/C21H16N4O5S/c1-2-10-23-16-12-15(25(29)30)6-7-17(16)31-21(23)22-20(28)13-4-3-5-14(11-13)24-18(26)8-9-19(24)27/h2-7,11-12H,1,8-10H2. The van der Waals surface area contributed by atoms with E-state index in [9.17, 15) is 24.5 Å². The molecule has 0 radical (unpaired) electrons. The van der Waals surface area contributed by atoms with Gasteiger partial charge in [-0.05, 0) is 24.3 Å². The highest BCUT2D eigenvalue weighted by atomic mass is 32.1. The number of hydrogen-bond acceptors (Lipinski definition) is 6. The lowest BCUT2D eigenvalue weighted by Crippen LogP contribution is -2.28. The van der Waals surface area contributed by atoms with Crippen molar-refractivity contribution in [2.75, 3.05) is 4.90 Å². The Morgan fingerprint density at radius 3 is 2.61 bits per heavy atom. The number of fused-ring (bicyclic) bond motifs is 1. The number of imide groups is 1. The van der Waals surface area contributed by atoms with Crippen LogP contribution < -0.4 is 9.70 Å². The minimum absolute atomic E-state index is 0.0614. The fourth-order valence-corrected chi connectivity index (χ4v) is 4.37. The molecule has 1 aliphatic rings. The molecule has 3 amide bonds. The molecule has 0 bridgehead atoms. The summed E-state index contributed by atoms with van der Waals surface area (Å²) in [6.07, 6.45) is 1.91. The monoisotopic (exact) mass is 436 g/mol. The van der Waals surface area contributed by atoms with Gasteiger partial charge in [-0.1, -0.05) is 23.5 Å². The van der Waals surface area contributed by atoms with Crippen LogP contribution in [0.25, 0.3) is 10.2 Å². The molecule has 1 aromatic heterocycles. The van der Waals surface area contributed by atoms with Crippen molar-refractivity contribution in [1.29, 1.82) is 0 Å². The number of aromatic nitrogens is 1. The van der Waals surface area contributed by atoms with E-state index in [4.69, 9.17) is 0 Å². The lowest BCUT2D eigenvalue weighted by atomic mass is 10.2. The van der Waals surface area contributed by atoms with E-state index in [1.54, 1.807) is 34.9 Å². The van der Waals surface area contributed by atoms with Gasteiger partial charge in [-0.2, -0.15) is 4.99 Å². The normalized spacial score (nSPS) is 14.5. The largest absolute Gasteiger partial charge is 0.312 e. The molecule has 0 aliphatic carbocycles. The van der Waals surface area contributed by atoms with Crippen LogP contribution in [0, 0.1) is 10.1 Å². The number of hydrogen-bond donors (Lipinski definition) is 0. The van der Waals surface area contributed by atoms with Gasteiger partial charge in [-0.15, -0.1) is 6.58 Å². The number of anilines is 1. The second kappa shape index (κ2) is 8.07. The zero-order valence-electron chi connectivity index (χ0n) is 16.2. The van der Waals surface area contributed by atoms with Crippen LogP contribution in [0.4, 0.5) is 11.4 Å². The summed E-state index contributed by atoms with van der Waals surface area (Å²) in [7, 11) is 0. The van der Waals surface area contributed by atoms with Crippen molar-refractivity contribution in [3.8, 4) is 0 Å². The molecule has 9 nitrogen and oxygen atoms in total. The minimum Gasteiger partial charge on any atom is -0.312 e. The minimum atomic E-state index is -0.556.